The van der Waals surface area contributed by atoms with Gasteiger partial charge in [0.05, 0.1) is 23.9 Å². The number of likely N-dealkylation sites (N-methyl/N-ethyl adjacent to an activating group) is 1. The zero-order valence-corrected chi connectivity index (χ0v) is 29.4. The van der Waals surface area contributed by atoms with Crippen molar-refractivity contribution in [2.24, 2.45) is 22.7 Å². The van der Waals surface area contributed by atoms with Crippen molar-refractivity contribution in [1.82, 2.24) is 9.80 Å². The Hall–Kier alpha value is -1.54. The number of amidine groups is 1. The van der Waals surface area contributed by atoms with Gasteiger partial charge in [-0.15, -0.1) is 0 Å². The normalized spacial score (nSPS) is 48.9. The summed E-state index contributed by atoms with van der Waals surface area (Å²) in [5.41, 5.74) is -2.62. The Kier molecular flexibility index (Phi) is 10.6. The third-order valence-electron chi connectivity index (χ3n) is 10.5. The first-order chi connectivity index (χ1) is 20.8. The van der Waals surface area contributed by atoms with Gasteiger partial charge in [0.1, 0.15) is 23.7 Å². The van der Waals surface area contributed by atoms with Crippen molar-refractivity contribution in [3.8, 4) is 0 Å². The average Bonchev–Trinajstić information content (AvgIpc) is 3.33. The number of fused-ring (bicyclic) bond motifs is 4. The van der Waals surface area contributed by atoms with Crippen LogP contribution < -0.4 is 0 Å². The fourth-order valence-corrected chi connectivity index (χ4v) is 8.07. The third kappa shape index (κ3) is 6.75. The van der Waals surface area contributed by atoms with Crippen molar-refractivity contribution in [3.05, 3.63) is 0 Å². The van der Waals surface area contributed by atoms with Gasteiger partial charge in [0.15, 0.2) is 18.2 Å². The first-order valence-electron chi connectivity index (χ1n) is 16.8. The number of rotatable bonds is 5. The highest BCUT2D eigenvalue weighted by atomic mass is 16.7. The first kappa shape index (κ1) is 36.3. The van der Waals surface area contributed by atoms with E-state index in [1.807, 2.05) is 60.5 Å². The molecule has 4 aliphatic heterocycles. The minimum absolute atomic E-state index is 0.0272. The van der Waals surface area contributed by atoms with E-state index in [4.69, 9.17) is 28.7 Å². The smallest absolute Gasteiger partial charge is 0.314 e. The monoisotopic (exact) mass is 641 g/mol. The number of aliphatic imine (C=N–C) groups is 1. The lowest BCUT2D eigenvalue weighted by Crippen LogP contribution is -2.57. The van der Waals surface area contributed by atoms with Gasteiger partial charge < -0.3 is 48.8 Å². The molecule has 12 heteroatoms. The summed E-state index contributed by atoms with van der Waals surface area (Å²) in [5, 5.41) is 35.4. The van der Waals surface area contributed by atoms with Gasteiger partial charge in [-0.05, 0) is 87.7 Å². The zero-order chi connectivity index (χ0) is 33.8. The SMILES string of the molecule is CC[C@H]1OC(=O)[C@H](C)[C@@]2(O)O[C@@](C)(C[C@@H](C)CN3C(=NC(C)C)O[C@H]([C@H]3C)[C@]1(C)O)[C@H](O[C@@H]1O[C@H](C)C[C@H](N(C)C)[C@H]1O)[C@H]2C. The molecule has 4 fully saturated rings. The highest BCUT2D eigenvalue weighted by Crippen LogP contribution is 2.51. The quantitative estimate of drug-likeness (QED) is 0.381. The van der Waals surface area contributed by atoms with Gasteiger partial charge in [-0.3, -0.25) is 4.79 Å². The van der Waals surface area contributed by atoms with E-state index in [1.165, 1.54) is 0 Å². The van der Waals surface area contributed by atoms with Gasteiger partial charge in [-0.1, -0.05) is 20.8 Å². The Morgan fingerprint density at radius 2 is 1.76 bits per heavy atom. The molecule has 4 heterocycles. The van der Waals surface area contributed by atoms with Crippen molar-refractivity contribution in [2.75, 3.05) is 20.6 Å². The summed E-state index contributed by atoms with van der Waals surface area (Å²) in [5.74, 6) is -4.50. The molecular formula is C33H59N3O9. The van der Waals surface area contributed by atoms with Crippen LogP contribution in [0.4, 0.5) is 0 Å². The fourth-order valence-electron chi connectivity index (χ4n) is 8.07. The molecule has 4 aliphatic rings. The average molecular weight is 642 g/mol. The number of carbonyl (C=O) groups is 1. The van der Waals surface area contributed by atoms with Crippen LogP contribution in [-0.4, -0.2) is 130 Å². The topological polar surface area (TPSA) is 143 Å². The van der Waals surface area contributed by atoms with Crippen LogP contribution in [0.15, 0.2) is 4.99 Å². The Bertz CT molecular complexity index is 1090. The molecule has 0 spiro atoms. The van der Waals surface area contributed by atoms with Crippen LogP contribution in [0.25, 0.3) is 0 Å². The summed E-state index contributed by atoms with van der Waals surface area (Å²) in [7, 11) is 3.83. The van der Waals surface area contributed by atoms with E-state index in [2.05, 4.69) is 11.8 Å². The second-order valence-corrected chi connectivity index (χ2v) is 15.1. The predicted molar refractivity (Wildman–Crippen MR) is 168 cm³/mol. The molecule has 4 rings (SSSR count). The van der Waals surface area contributed by atoms with Crippen LogP contribution in [0.1, 0.15) is 88.5 Å². The number of aliphatic hydroxyl groups is 3. The molecule has 0 aliphatic carbocycles. The van der Waals surface area contributed by atoms with E-state index in [0.717, 1.165) is 0 Å². The number of ether oxygens (including phenoxy) is 5. The number of nitrogens with zero attached hydrogens (tertiary/aromatic N) is 3. The van der Waals surface area contributed by atoms with E-state index in [9.17, 15) is 20.1 Å². The Balaban J connectivity index is 1.77. The van der Waals surface area contributed by atoms with E-state index in [1.54, 1.807) is 20.8 Å². The maximum atomic E-state index is 13.8. The molecule has 14 atom stereocenters. The first-order valence-corrected chi connectivity index (χ1v) is 16.8. The number of carbonyl (C=O) groups excluding carboxylic acids is 1. The minimum atomic E-state index is -1.95. The van der Waals surface area contributed by atoms with Gasteiger partial charge in [-0.25, -0.2) is 4.99 Å². The summed E-state index contributed by atoms with van der Waals surface area (Å²) in [6.07, 6.45) is -3.02. The van der Waals surface area contributed by atoms with E-state index >= 15 is 0 Å². The Labute approximate surface area is 269 Å². The molecule has 0 aromatic rings. The Morgan fingerprint density at radius 3 is 2.33 bits per heavy atom. The van der Waals surface area contributed by atoms with E-state index < -0.39 is 65.5 Å². The molecule has 12 nitrogen and oxygen atoms in total. The standard InChI is InChI=1S/C33H59N3O9/c1-13-24-32(10,39)27-22(8)36(30(44-27)34-17(2)3)16-18(4)15-31(9)26(20(6)33(40,45-31)21(7)28(38)42-24)43-29-25(37)23(35(11)12)14-19(5)41-29/h17-27,29,37,39-40H,13-16H2,1-12H3/t18-,19-,20-,21+,22-,23+,24-,25-,26-,27-,29+,31+,32-,33+/m1/s1. The summed E-state index contributed by atoms with van der Waals surface area (Å²) in [4.78, 5) is 22.6. The summed E-state index contributed by atoms with van der Waals surface area (Å²) >= 11 is 0. The number of hydrogen-bond acceptors (Lipinski definition) is 11. The van der Waals surface area contributed by atoms with Crippen molar-refractivity contribution < 1.29 is 43.8 Å². The van der Waals surface area contributed by atoms with Gasteiger partial charge in [0, 0.05) is 24.5 Å². The molecule has 45 heavy (non-hydrogen) atoms. The second kappa shape index (κ2) is 13.2. The van der Waals surface area contributed by atoms with Crippen LogP contribution in [0.5, 0.6) is 0 Å². The molecular weight excluding hydrogens is 582 g/mol. The molecule has 0 unspecified atom stereocenters. The van der Waals surface area contributed by atoms with Crippen LogP contribution in [0.3, 0.4) is 0 Å². The lowest BCUT2D eigenvalue weighted by molar-refractivity contribution is -0.286. The summed E-state index contributed by atoms with van der Waals surface area (Å²) in [6.45, 7) is 19.2. The number of hydrogen-bond donors (Lipinski definition) is 3. The number of esters is 1. The zero-order valence-electron chi connectivity index (χ0n) is 29.4. The van der Waals surface area contributed by atoms with Crippen molar-refractivity contribution >= 4 is 12.0 Å². The van der Waals surface area contributed by atoms with Gasteiger partial charge in [0.2, 0.25) is 0 Å². The van der Waals surface area contributed by atoms with Gasteiger partial charge in [-0.2, -0.15) is 0 Å². The third-order valence-corrected chi connectivity index (χ3v) is 10.5. The summed E-state index contributed by atoms with van der Waals surface area (Å²) in [6, 6.07) is -0.0609. The maximum absolute atomic E-state index is 13.8. The fraction of sp³-hybridized carbons (Fsp3) is 0.939. The molecule has 0 amide bonds. The molecule has 4 bridgehead atoms. The lowest BCUT2D eigenvalue weighted by atomic mass is 9.80. The van der Waals surface area contributed by atoms with Gasteiger partial charge in [0.25, 0.3) is 6.02 Å². The molecule has 0 radical (unpaired) electrons. The van der Waals surface area contributed by atoms with Crippen molar-refractivity contribution in [1.29, 1.82) is 0 Å². The molecule has 3 N–H and O–H groups in total. The maximum Gasteiger partial charge on any atom is 0.314 e. The molecule has 0 saturated carbocycles. The predicted octanol–water partition coefficient (Wildman–Crippen LogP) is 2.51. The minimum Gasteiger partial charge on any atom is -0.459 e. The van der Waals surface area contributed by atoms with Crippen molar-refractivity contribution in [2.45, 2.75) is 160 Å². The highest BCUT2D eigenvalue weighted by molar-refractivity contribution is 5.77. The van der Waals surface area contributed by atoms with Crippen LogP contribution in [0, 0.1) is 17.8 Å². The molecule has 0 aromatic carbocycles. The second-order valence-electron chi connectivity index (χ2n) is 15.1. The van der Waals surface area contributed by atoms with Crippen LogP contribution >= 0.6 is 0 Å². The van der Waals surface area contributed by atoms with Crippen molar-refractivity contribution in [3.63, 3.8) is 0 Å². The van der Waals surface area contributed by atoms with Gasteiger partial charge >= 0.3 is 5.97 Å². The highest BCUT2D eigenvalue weighted by Gasteiger charge is 2.64. The molecule has 0 aromatic heterocycles. The van der Waals surface area contributed by atoms with E-state index in [-0.39, 0.29) is 30.1 Å². The Morgan fingerprint density at radius 1 is 1.11 bits per heavy atom. The number of cyclic esters (lactones) is 1. The molecule has 4 saturated heterocycles. The van der Waals surface area contributed by atoms with Crippen LogP contribution in [0.2, 0.25) is 0 Å². The largest absolute Gasteiger partial charge is 0.459 e. The summed E-state index contributed by atoms with van der Waals surface area (Å²) < 4.78 is 31.7. The van der Waals surface area contributed by atoms with Crippen LogP contribution in [-0.2, 0) is 28.5 Å². The van der Waals surface area contributed by atoms with E-state index in [0.29, 0.717) is 31.8 Å². The number of aliphatic hydroxyl groups excluding tert-OH is 1. The molecule has 260 valence electrons. The lowest BCUT2D eigenvalue weighted by Gasteiger charge is -2.44.